The monoisotopic (exact) mass is 274 g/mol. The molecular weight excluding hydrogens is 256 g/mol. The van der Waals surface area contributed by atoms with Crippen molar-refractivity contribution in [2.24, 2.45) is 0 Å². The topological polar surface area (TPSA) is 24.9 Å². The van der Waals surface area contributed by atoms with Crippen molar-refractivity contribution in [3.05, 3.63) is 63.9 Å². The van der Waals surface area contributed by atoms with Crippen LogP contribution in [-0.4, -0.2) is 12.0 Å². The van der Waals surface area contributed by atoms with E-state index < -0.39 is 0 Å². The number of halogens is 1. The number of aromatic nitrogens is 1. The Morgan fingerprint density at radius 3 is 2.68 bits per heavy atom. The van der Waals surface area contributed by atoms with Gasteiger partial charge in [-0.25, -0.2) is 0 Å². The van der Waals surface area contributed by atoms with Crippen LogP contribution >= 0.6 is 11.6 Å². The minimum Gasteiger partial charge on any atom is -0.313 e. The van der Waals surface area contributed by atoms with Gasteiger partial charge in [0, 0.05) is 23.5 Å². The van der Waals surface area contributed by atoms with E-state index in [0.717, 1.165) is 17.0 Å². The van der Waals surface area contributed by atoms with Gasteiger partial charge in [0.15, 0.2) is 0 Å². The molecule has 19 heavy (non-hydrogen) atoms. The third-order valence-electron chi connectivity index (χ3n) is 3.44. The molecular formula is C16H19ClN2. The molecule has 100 valence electrons. The number of hydrogen-bond donors (Lipinski definition) is 1. The number of aryl methyl sites for hydroxylation is 2. The molecule has 0 saturated heterocycles. The van der Waals surface area contributed by atoms with Crippen LogP contribution in [0, 0.1) is 13.8 Å². The van der Waals surface area contributed by atoms with Gasteiger partial charge in [-0.15, -0.1) is 0 Å². The maximum absolute atomic E-state index is 6.31. The molecule has 2 aromatic rings. The van der Waals surface area contributed by atoms with Gasteiger partial charge in [-0.05, 0) is 61.7 Å². The van der Waals surface area contributed by atoms with E-state index in [2.05, 4.69) is 36.3 Å². The van der Waals surface area contributed by atoms with Crippen LogP contribution in [0.15, 0.2) is 36.7 Å². The zero-order chi connectivity index (χ0) is 13.8. The largest absolute Gasteiger partial charge is 0.313 e. The predicted molar refractivity (Wildman–Crippen MR) is 80.7 cm³/mol. The first-order valence-electron chi connectivity index (χ1n) is 6.44. The summed E-state index contributed by atoms with van der Waals surface area (Å²) in [5, 5.41) is 4.19. The lowest BCUT2D eigenvalue weighted by atomic mass is 9.96. The predicted octanol–water partition coefficient (Wildman–Crippen LogP) is 3.86. The highest BCUT2D eigenvalue weighted by Gasteiger charge is 2.14. The molecule has 1 aromatic heterocycles. The van der Waals surface area contributed by atoms with Crippen LogP contribution in [-0.2, 0) is 6.42 Å². The molecule has 0 aliphatic carbocycles. The highest BCUT2D eigenvalue weighted by Crippen LogP contribution is 2.25. The lowest BCUT2D eigenvalue weighted by molar-refractivity contribution is 0.587. The molecule has 0 saturated carbocycles. The summed E-state index contributed by atoms with van der Waals surface area (Å²) in [6.45, 7) is 4.16. The van der Waals surface area contributed by atoms with Crippen molar-refractivity contribution in [3.8, 4) is 0 Å². The number of benzene rings is 1. The summed E-state index contributed by atoms with van der Waals surface area (Å²) >= 11 is 6.31. The Hall–Kier alpha value is -1.38. The van der Waals surface area contributed by atoms with Gasteiger partial charge in [0.05, 0.1) is 0 Å². The van der Waals surface area contributed by atoms with E-state index >= 15 is 0 Å². The lowest BCUT2D eigenvalue weighted by Gasteiger charge is -2.19. The lowest BCUT2D eigenvalue weighted by Crippen LogP contribution is -2.20. The average Bonchev–Trinajstić information content (AvgIpc) is 2.39. The van der Waals surface area contributed by atoms with Gasteiger partial charge in [0.25, 0.3) is 0 Å². The van der Waals surface area contributed by atoms with Crippen LogP contribution in [0.2, 0.25) is 5.02 Å². The molecule has 0 aliphatic heterocycles. The molecule has 3 heteroatoms. The fraction of sp³-hybridized carbons (Fsp3) is 0.312. The van der Waals surface area contributed by atoms with Crippen molar-refractivity contribution in [2.45, 2.75) is 26.3 Å². The number of likely N-dealkylation sites (N-methyl/N-ethyl adjacent to an activating group) is 1. The fourth-order valence-corrected chi connectivity index (χ4v) is 2.56. The van der Waals surface area contributed by atoms with E-state index in [0.29, 0.717) is 0 Å². The molecule has 0 bridgehead atoms. The normalized spacial score (nSPS) is 12.4. The average molecular weight is 275 g/mol. The van der Waals surface area contributed by atoms with E-state index in [4.69, 9.17) is 11.6 Å². The molecule has 0 spiro atoms. The van der Waals surface area contributed by atoms with Crippen molar-refractivity contribution in [1.82, 2.24) is 10.3 Å². The summed E-state index contributed by atoms with van der Waals surface area (Å²) in [7, 11) is 1.97. The smallest absolute Gasteiger partial charge is 0.0441 e. The summed E-state index contributed by atoms with van der Waals surface area (Å²) in [6.07, 6.45) is 4.62. The highest BCUT2D eigenvalue weighted by molar-refractivity contribution is 6.31. The van der Waals surface area contributed by atoms with E-state index in [1.54, 1.807) is 0 Å². The quantitative estimate of drug-likeness (QED) is 0.916. The van der Waals surface area contributed by atoms with E-state index in [1.165, 1.54) is 16.7 Å². The molecule has 0 amide bonds. The first-order chi connectivity index (χ1) is 9.11. The molecule has 1 heterocycles. The van der Waals surface area contributed by atoms with Gasteiger partial charge >= 0.3 is 0 Å². The minimum absolute atomic E-state index is 0.230. The Bertz CT molecular complexity index is 566. The molecule has 1 unspecified atom stereocenters. The maximum Gasteiger partial charge on any atom is 0.0441 e. The van der Waals surface area contributed by atoms with Crippen LogP contribution in [0.4, 0.5) is 0 Å². The van der Waals surface area contributed by atoms with Crippen molar-refractivity contribution >= 4 is 11.6 Å². The first kappa shape index (κ1) is 14.0. The molecule has 2 nitrogen and oxygen atoms in total. The Labute approximate surface area is 119 Å². The van der Waals surface area contributed by atoms with Crippen LogP contribution in [0.1, 0.15) is 28.3 Å². The molecule has 2 rings (SSSR count). The van der Waals surface area contributed by atoms with Crippen LogP contribution in [0.25, 0.3) is 0 Å². The van der Waals surface area contributed by atoms with Crippen molar-refractivity contribution < 1.29 is 0 Å². The minimum atomic E-state index is 0.230. The third kappa shape index (κ3) is 3.34. The SMILES string of the molecule is CNC(Cc1ccc(C)cc1Cl)c1cnccc1C. The fourth-order valence-electron chi connectivity index (χ4n) is 2.25. The first-order valence-corrected chi connectivity index (χ1v) is 6.82. The number of nitrogens with zero attached hydrogens (tertiary/aromatic N) is 1. The van der Waals surface area contributed by atoms with Crippen molar-refractivity contribution in [3.63, 3.8) is 0 Å². The number of pyridine rings is 1. The Balaban J connectivity index is 2.27. The third-order valence-corrected chi connectivity index (χ3v) is 3.79. The molecule has 1 atom stereocenters. The van der Waals surface area contributed by atoms with Crippen molar-refractivity contribution in [1.29, 1.82) is 0 Å². The van der Waals surface area contributed by atoms with Crippen LogP contribution in [0.5, 0.6) is 0 Å². The standard InChI is InChI=1S/C16H19ClN2/c1-11-4-5-13(15(17)8-11)9-16(18-3)14-10-19-7-6-12(14)2/h4-8,10,16,18H,9H2,1-3H3. The highest BCUT2D eigenvalue weighted by atomic mass is 35.5. The Kier molecular flexibility index (Phi) is 4.56. The number of hydrogen-bond acceptors (Lipinski definition) is 2. The van der Waals surface area contributed by atoms with E-state index in [1.807, 2.05) is 31.6 Å². The van der Waals surface area contributed by atoms with Crippen molar-refractivity contribution in [2.75, 3.05) is 7.05 Å². The zero-order valence-corrected chi connectivity index (χ0v) is 12.3. The number of nitrogens with one attached hydrogen (secondary N) is 1. The summed E-state index contributed by atoms with van der Waals surface area (Å²) in [4.78, 5) is 4.22. The molecule has 1 aromatic carbocycles. The van der Waals surface area contributed by atoms with Gasteiger partial charge in [0.2, 0.25) is 0 Å². The number of rotatable bonds is 4. The molecule has 0 fully saturated rings. The van der Waals surface area contributed by atoms with Gasteiger partial charge in [-0.1, -0.05) is 23.7 Å². The van der Waals surface area contributed by atoms with Gasteiger partial charge in [-0.3, -0.25) is 4.98 Å². The molecule has 0 aliphatic rings. The van der Waals surface area contributed by atoms with E-state index in [-0.39, 0.29) is 6.04 Å². The molecule has 1 N–H and O–H groups in total. The second-order valence-electron chi connectivity index (χ2n) is 4.87. The van der Waals surface area contributed by atoms with E-state index in [9.17, 15) is 0 Å². The summed E-state index contributed by atoms with van der Waals surface area (Å²) in [5.74, 6) is 0. The summed E-state index contributed by atoms with van der Waals surface area (Å²) < 4.78 is 0. The van der Waals surface area contributed by atoms with Gasteiger partial charge < -0.3 is 5.32 Å². The molecule has 0 radical (unpaired) electrons. The van der Waals surface area contributed by atoms with Gasteiger partial charge in [0.1, 0.15) is 0 Å². The van der Waals surface area contributed by atoms with Gasteiger partial charge in [-0.2, -0.15) is 0 Å². The van der Waals surface area contributed by atoms with Crippen LogP contribution in [0.3, 0.4) is 0 Å². The second-order valence-corrected chi connectivity index (χ2v) is 5.28. The Morgan fingerprint density at radius 1 is 1.26 bits per heavy atom. The maximum atomic E-state index is 6.31. The Morgan fingerprint density at radius 2 is 2.05 bits per heavy atom. The second kappa shape index (κ2) is 6.18. The summed E-state index contributed by atoms with van der Waals surface area (Å²) in [6, 6.07) is 8.49. The van der Waals surface area contributed by atoms with Crippen LogP contribution < -0.4 is 5.32 Å². The zero-order valence-electron chi connectivity index (χ0n) is 11.6. The summed E-state index contributed by atoms with van der Waals surface area (Å²) in [5.41, 5.74) is 4.82.